The van der Waals surface area contributed by atoms with Crippen LogP contribution in [0.5, 0.6) is 0 Å². The smallest absolute Gasteiger partial charge is 0.335 e. The third-order valence-corrected chi connectivity index (χ3v) is 7.32. The van der Waals surface area contributed by atoms with Crippen LogP contribution in [-0.4, -0.2) is 36.0 Å². The van der Waals surface area contributed by atoms with E-state index in [0.717, 1.165) is 24.0 Å². The average molecular weight is 583 g/mol. The van der Waals surface area contributed by atoms with Crippen molar-refractivity contribution >= 4 is 17.5 Å². The number of carbonyl (C=O) groups is 1. The van der Waals surface area contributed by atoms with E-state index >= 15 is 0 Å². The highest BCUT2D eigenvalue weighted by Crippen LogP contribution is 2.37. The van der Waals surface area contributed by atoms with Gasteiger partial charge in [-0.25, -0.2) is 0 Å². The molecule has 1 N–H and O–H groups in total. The Morgan fingerprint density at radius 1 is 0.875 bits per heavy atom. The fraction of sp³-hybridized carbons (Fsp3) is 0.367. The third-order valence-electron chi connectivity index (χ3n) is 7.09. The van der Waals surface area contributed by atoms with Crippen LogP contribution in [0.25, 0.3) is 0 Å². The van der Waals surface area contributed by atoms with E-state index < -0.39 is 41.0 Å². The van der Waals surface area contributed by atoms with Crippen molar-refractivity contribution in [2.24, 2.45) is 0 Å². The zero-order chi connectivity index (χ0) is 28.9. The van der Waals surface area contributed by atoms with Crippen molar-refractivity contribution in [1.29, 1.82) is 0 Å². The Bertz CT molecular complexity index is 1260. The molecule has 0 saturated carbocycles. The summed E-state index contributed by atoms with van der Waals surface area (Å²) >= 11 is 6.05. The number of hydrogen-bond acceptors (Lipinski definition) is 2. The van der Waals surface area contributed by atoms with Crippen molar-refractivity contribution in [2.45, 2.75) is 56.5 Å². The average Bonchev–Trinajstić information content (AvgIpc) is 2.90. The Balaban J connectivity index is 1.50. The van der Waals surface area contributed by atoms with Gasteiger partial charge in [-0.05, 0) is 80.1 Å². The predicted octanol–water partition coefficient (Wildman–Crippen LogP) is 7.82. The second-order valence-corrected chi connectivity index (χ2v) is 10.5. The molecular weight excluding hydrogens is 554 g/mol. The van der Waals surface area contributed by atoms with Crippen molar-refractivity contribution in [1.82, 2.24) is 10.2 Å². The first-order chi connectivity index (χ1) is 18.9. The van der Waals surface area contributed by atoms with E-state index in [-0.39, 0.29) is 18.7 Å². The van der Waals surface area contributed by atoms with E-state index in [4.69, 9.17) is 11.6 Å². The maximum absolute atomic E-state index is 13.5. The van der Waals surface area contributed by atoms with Gasteiger partial charge in [0.25, 0.3) is 5.91 Å². The highest BCUT2D eigenvalue weighted by Gasteiger charge is 2.39. The van der Waals surface area contributed by atoms with Gasteiger partial charge in [-0.15, -0.1) is 0 Å². The molecule has 0 bridgehead atoms. The molecule has 0 aliphatic carbocycles. The molecule has 2 atom stereocenters. The Hall–Kier alpha value is -3.04. The van der Waals surface area contributed by atoms with Crippen LogP contribution in [0.1, 0.15) is 51.9 Å². The highest BCUT2D eigenvalue weighted by atomic mass is 35.5. The van der Waals surface area contributed by atoms with Gasteiger partial charge in [-0.3, -0.25) is 4.79 Å². The molecule has 40 heavy (non-hydrogen) atoms. The Labute approximate surface area is 234 Å². The molecule has 4 rings (SSSR count). The molecule has 1 aliphatic heterocycles. The van der Waals surface area contributed by atoms with Gasteiger partial charge in [-0.1, -0.05) is 54.1 Å². The first-order valence-electron chi connectivity index (χ1n) is 13.0. The number of alkyl halides is 6. The molecule has 0 aromatic heterocycles. The fourth-order valence-electron chi connectivity index (χ4n) is 5.12. The van der Waals surface area contributed by atoms with Crippen LogP contribution in [-0.2, 0) is 25.2 Å². The number of nitrogens with one attached hydrogen (secondary N) is 1. The zero-order valence-electron chi connectivity index (χ0n) is 21.5. The van der Waals surface area contributed by atoms with Crippen molar-refractivity contribution < 1.29 is 31.1 Å². The molecule has 1 fully saturated rings. The minimum atomic E-state index is -5.03. The molecule has 1 aliphatic rings. The molecule has 214 valence electrons. The summed E-state index contributed by atoms with van der Waals surface area (Å²) in [5.41, 5.74) is -1.57. The molecule has 10 heteroatoms. The monoisotopic (exact) mass is 582 g/mol. The predicted molar refractivity (Wildman–Crippen MR) is 142 cm³/mol. The topological polar surface area (TPSA) is 32.3 Å². The second-order valence-electron chi connectivity index (χ2n) is 10.0. The van der Waals surface area contributed by atoms with Crippen LogP contribution in [0.3, 0.4) is 0 Å². The summed E-state index contributed by atoms with van der Waals surface area (Å²) in [5.74, 6) is -0.836. The quantitative estimate of drug-likeness (QED) is 0.217. The molecule has 1 heterocycles. The van der Waals surface area contributed by atoms with Crippen LogP contribution in [0.15, 0.2) is 72.8 Å². The zero-order valence-corrected chi connectivity index (χ0v) is 22.3. The standard InChI is InChI=1S/C30H29ClF6N2O/c31-25-10-4-8-20(14-25)9-5-12-38-26-11-13-39(27(19-26)15-21-6-2-1-3-7-21)28(40)22-16-23(29(32,33)34)18-24(17-22)30(35,36)37/h1-4,6-8,10,14,16-18,26-27,38H,5,9,11-13,15,19H2/t26-,27-/m0/s1. The summed E-state index contributed by atoms with van der Waals surface area (Å²) in [6, 6.07) is 17.6. The number of rotatable bonds is 8. The normalized spacial score (nSPS) is 18.1. The van der Waals surface area contributed by atoms with Crippen LogP contribution >= 0.6 is 11.6 Å². The maximum Gasteiger partial charge on any atom is 0.416 e. The first kappa shape index (κ1) is 29.9. The summed E-state index contributed by atoms with van der Waals surface area (Å²) in [6.07, 6.45) is -6.90. The summed E-state index contributed by atoms with van der Waals surface area (Å²) in [7, 11) is 0. The summed E-state index contributed by atoms with van der Waals surface area (Å²) < 4.78 is 80.6. The van der Waals surface area contributed by atoms with E-state index in [1.54, 1.807) is 0 Å². The number of aryl methyl sites for hydroxylation is 1. The van der Waals surface area contributed by atoms with Crippen LogP contribution in [0.4, 0.5) is 26.3 Å². The number of amides is 1. The van der Waals surface area contributed by atoms with Gasteiger partial charge in [0.15, 0.2) is 0 Å². The molecule has 3 aromatic rings. The number of halogens is 7. The third kappa shape index (κ3) is 8.01. The van der Waals surface area contributed by atoms with Gasteiger partial charge in [0.05, 0.1) is 11.1 Å². The minimum absolute atomic E-state index is 0.0395. The molecule has 3 nitrogen and oxygen atoms in total. The number of likely N-dealkylation sites (tertiary alicyclic amines) is 1. The van der Waals surface area contributed by atoms with Gasteiger partial charge in [0.1, 0.15) is 0 Å². The summed E-state index contributed by atoms with van der Waals surface area (Å²) in [4.78, 5) is 14.9. The van der Waals surface area contributed by atoms with E-state index in [0.29, 0.717) is 43.0 Å². The first-order valence-corrected chi connectivity index (χ1v) is 13.4. The Morgan fingerprint density at radius 3 is 2.15 bits per heavy atom. The SMILES string of the molecule is O=C(c1cc(C(F)(F)F)cc(C(F)(F)F)c1)N1CC[C@H](NCCCc2cccc(Cl)c2)C[C@@H]1Cc1ccccc1. The van der Waals surface area contributed by atoms with Gasteiger partial charge in [0.2, 0.25) is 0 Å². The van der Waals surface area contributed by atoms with Gasteiger partial charge in [0, 0.05) is 29.2 Å². The van der Waals surface area contributed by atoms with Gasteiger partial charge < -0.3 is 10.2 Å². The number of piperidine rings is 1. The fourth-order valence-corrected chi connectivity index (χ4v) is 5.33. The Morgan fingerprint density at radius 2 is 1.52 bits per heavy atom. The maximum atomic E-state index is 13.5. The summed E-state index contributed by atoms with van der Waals surface area (Å²) in [5, 5.41) is 4.19. The lowest BCUT2D eigenvalue weighted by Gasteiger charge is -2.40. The molecule has 0 radical (unpaired) electrons. The number of hydrogen-bond donors (Lipinski definition) is 1. The molecule has 3 aromatic carbocycles. The minimum Gasteiger partial charge on any atom is -0.335 e. The van der Waals surface area contributed by atoms with Crippen LogP contribution < -0.4 is 5.32 Å². The van der Waals surface area contributed by atoms with E-state index in [2.05, 4.69) is 5.32 Å². The van der Waals surface area contributed by atoms with Gasteiger partial charge >= 0.3 is 12.4 Å². The van der Waals surface area contributed by atoms with Crippen molar-refractivity contribution in [3.8, 4) is 0 Å². The lowest BCUT2D eigenvalue weighted by atomic mass is 9.91. The van der Waals surface area contributed by atoms with Crippen molar-refractivity contribution in [3.05, 3.63) is 106 Å². The molecule has 1 saturated heterocycles. The van der Waals surface area contributed by atoms with Crippen LogP contribution in [0, 0.1) is 0 Å². The molecular formula is C30H29ClF6N2O. The molecule has 0 spiro atoms. The van der Waals surface area contributed by atoms with Crippen LogP contribution in [0.2, 0.25) is 5.02 Å². The van der Waals surface area contributed by atoms with Crippen molar-refractivity contribution in [2.75, 3.05) is 13.1 Å². The Kier molecular flexibility index (Phi) is 9.46. The van der Waals surface area contributed by atoms with E-state index in [9.17, 15) is 31.1 Å². The second kappa shape index (κ2) is 12.6. The van der Waals surface area contributed by atoms with Gasteiger partial charge in [-0.2, -0.15) is 26.3 Å². The van der Waals surface area contributed by atoms with Crippen molar-refractivity contribution in [3.63, 3.8) is 0 Å². The number of carbonyl (C=O) groups excluding carboxylic acids is 1. The number of nitrogens with zero attached hydrogens (tertiary/aromatic N) is 1. The van der Waals surface area contributed by atoms with E-state index in [1.165, 1.54) is 4.90 Å². The van der Waals surface area contributed by atoms with E-state index in [1.807, 2.05) is 54.6 Å². The summed E-state index contributed by atoms with van der Waals surface area (Å²) in [6.45, 7) is 0.922. The molecule has 0 unspecified atom stereocenters. The highest BCUT2D eigenvalue weighted by molar-refractivity contribution is 6.30. The lowest BCUT2D eigenvalue weighted by molar-refractivity contribution is -0.143. The largest absolute Gasteiger partial charge is 0.416 e. The lowest BCUT2D eigenvalue weighted by Crippen LogP contribution is -2.52. The number of benzene rings is 3. The molecule has 1 amide bonds.